The van der Waals surface area contributed by atoms with Crippen molar-refractivity contribution in [1.82, 2.24) is 0 Å². The molecule has 8 heteroatoms. The van der Waals surface area contributed by atoms with E-state index in [4.69, 9.17) is 10.8 Å². The molecule has 0 heterocycles. The lowest BCUT2D eigenvalue weighted by Gasteiger charge is -2.31. The predicted octanol–water partition coefficient (Wildman–Crippen LogP) is 2.89. The van der Waals surface area contributed by atoms with Gasteiger partial charge in [-0.15, -0.1) is 0 Å². The maximum atomic E-state index is 13.7. The lowest BCUT2D eigenvalue weighted by atomic mass is 9.92. The highest BCUT2D eigenvalue weighted by Gasteiger charge is 2.72. The first kappa shape index (κ1) is 14.6. The average Bonchev–Trinajstić information content (AvgIpc) is 2.17. The van der Waals surface area contributed by atoms with Gasteiger partial charge in [0.25, 0.3) is 0 Å². The van der Waals surface area contributed by atoms with E-state index in [1.165, 1.54) is 6.92 Å². The summed E-state index contributed by atoms with van der Waals surface area (Å²) < 4.78 is 76.3. The van der Waals surface area contributed by atoms with Gasteiger partial charge in [-0.2, -0.15) is 22.0 Å². The zero-order chi connectivity index (χ0) is 14.4. The minimum absolute atomic E-state index is 0.0111. The van der Waals surface area contributed by atoms with E-state index >= 15 is 0 Å². The van der Waals surface area contributed by atoms with Crippen LogP contribution in [0, 0.1) is 6.92 Å². The monoisotopic (exact) mass is 273 g/mol. The largest absolute Gasteiger partial charge is 0.435 e. The van der Waals surface area contributed by atoms with Crippen LogP contribution in [0.5, 0.6) is 0 Å². The Labute approximate surface area is 98.0 Å². The number of anilines is 1. The highest BCUT2D eigenvalue weighted by atomic mass is 19.4. The summed E-state index contributed by atoms with van der Waals surface area (Å²) in [5.41, 5.74) is -1.29. The Morgan fingerprint density at radius 1 is 1.06 bits per heavy atom. The quantitative estimate of drug-likeness (QED) is 0.643. The first-order chi connectivity index (χ1) is 7.91. The van der Waals surface area contributed by atoms with E-state index in [2.05, 4.69) is 0 Å². The van der Waals surface area contributed by atoms with Crippen molar-refractivity contribution in [2.45, 2.75) is 24.9 Å². The highest BCUT2D eigenvalue weighted by Crippen LogP contribution is 2.51. The number of benzene rings is 1. The third-order valence-electron chi connectivity index (χ3n) is 2.47. The molecule has 0 fully saturated rings. The molecule has 0 aliphatic heterocycles. The average molecular weight is 273 g/mol. The van der Waals surface area contributed by atoms with Gasteiger partial charge in [0.15, 0.2) is 0 Å². The van der Waals surface area contributed by atoms with E-state index in [-0.39, 0.29) is 11.3 Å². The Hall–Kier alpha value is -1.44. The van der Waals surface area contributed by atoms with Gasteiger partial charge in [0.2, 0.25) is 0 Å². The van der Waals surface area contributed by atoms with Gasteiger partial charge in [-0.1, -0.05) is 12.1 Å². The number of alkyl halides is 6. The summed E-state index contributed by atoms with van der Waals surface area (Å²) in [4.78, 5) is 0. The fourth-order valence-corrected chi connectivity index (χ4v) is 1.40. The van der Waals surface area contributed by atoms with Crippen LogP contribution in [0.15, 0.2) is 18.2 Å². The lowest BCUT2D eigenvalue weighted by molar-refractivity contribution is -0.375. The molecule has 1 atom stereocenters. The van der Waals surface area contributed by atoms with Crippen LogP contribution in [-0.4, -0.2) is 17.4 Å². The molecule has 102 valence electrons. The number of aryl methyl sites for hydroxylation is 1. The summed E-state index contributed by atoms with van der Waals surface area (Å²) in [6, 6.07) is 1.84. The molecular formula is C10H9F6NO. The second-order valence-electron chi connectivity index (χ2n) is 3.77. The number of nitrogens with two attached hydrogens (primary N) is 1. The Kier molecular flexibility index (Phi) is 3.28. The van der Waals surface area contributed by atoms with Crippen LogP contribution in [0.4, 0.5) is 32.0 Å². The van der Waals surface area contributed by atoms with Crippen molar-refractivity contribution in [2.75, 3.05) is 5.73 Å². The van der Waals surface area contributed by atoms with Crippen LogP contribution in [-0.2, 0) is 5.67 Å². The molecule has 0 aliphatic carbocycles. The van der Waals surface area contributed by atoms with Crippen LogP contribution in [0.1, 0.15) is 11.1 Å². The summed E-state index contributed by atoms with van der Waals surface area (Å²) in [5, 5.41) is 8.23. The second kappa shape index (κ2) is 4.04. The van der Waals surface area contributed by atoms with Crippen LogP contribution >= 0.6 is 0 Å². The van der Waals surface area contributed by atoms with Crippen molar-refractivity contribution in [3.8, 4) is 0 Å². The maximum absolute atomic E-state index is 13.7. The molecule has 0 aliphatic rings. The molecular weight excluding hydrogens is 264 g/mol. The van der Waals surface area contributed by atoms with Gasteiger partial charge in [0.1, 0.15) is 0 Å². The number of hydrogen-bond acceptors (Lipinski definition) is 2. The van der Waals surface area contributed by atoms with Crippen molar-refractivity contribution in [1.29, 1.82) is 0 Å². The highest BCUT2D eigenvalue weighted by molar-refractivity contribution is 5.49. The van der Waals surface area contributed by atoms with Crippen LogP contribution in [0.3, 0.4) is 0 Å². The Balaban J connectivity index is 3.51. The number of rotatable bonds is 2. The predicted molar refractivity (Wildman–Crippen MR) is 51.6 cm³/mol. The van der Waals surface area contributed by atoms with E-state index in [0.717, 1.165) is 6.07 Å². The molecule has 0 spiro atoms. The number of aliphatic hydroxyl groups is 1. The van der Waals surface area contributed by atoms with Gasteiger partial charge in [-0.3, -0.25) is 0 Å². The van der Waals surface area contributed by atoms with Crippen molar-refractivity contribution >= 4 is 5.69 Å². The number of halogens is 6. The van der Waals surface area contributed by atoms with Crippen molar-refractivity contribution in [2.24, 2.45) is 0 Å². The van der Waals surface area contributed by atoms with Crippen LogP contribution < -0.4 is 5.73 Å². The summed E-state index contributed by atoms with van der Waals surface area (Å²) in [7, 11) is 0. The van der Waals surface area contributed by atoms with E-state index in [0.29, 0.717) is 12.1 Å². The smallest absolute Gasteiger partial charge is 0.399 e. The van der Waals surface area contributed by atoms with Crippen molar-refractivity contribution in [3.63, 3.8) is 0 Å². The molecule has 1 aromatic rings. The normalized spacial score (nSPS) is 16.4. The summed E-state index contributed by atoms with van der Waals surface area (Å²) >= 11 is 0. The van der Waals surface area contributed by atoms with Gasteiger partial charge in [-0.05, 0) is 18.6 Å². The summed E-state index contributed by atoms with van der Waals surface area (Å²) in [5.74, 6) is 0. The van der Waals surface area contributed by atoms with Crippen LogP contribution in [0.25, 0.3) is 0 Å². The second-order valence-corrected chi connectivity index (χ2v) is 3.77. The lowest BCUT2D eigenvalue weighted by Crippen LogP contribution is -2.52. The van der Waals surface area contributed by atoms with Crippen molar-refractivity contribution < 1.29 is 31.4 Å². The molecule has 0 aromatic heterocycles. The Morgan fingerprint density at radius 3 is 1.89 bits per heavy atom. The van der Waals surface area contributed by atoms with E-state index < -0.39 is 23.5 Å². The van der Waals surface area contributed by atoms with Gasteiger partial charge in [0.05, 0.1) is 0 Å². The van der Waals surface area contributed by atoms with Crippen LogP contribution in [0.2, 0.25) is 0 Å². The Bertz CT molecular complexity index is 437. The number of nitrogen functional groups attached to an aromatic ring is 1. The van der Waals surface area contributed by atoms with Gasteiger partial charge >= 0.3 is 18.0 Å². The van der Waals surface area contributed by atoms with E-state index in [1.54, 1.807) is 0 Å². The molecule has 0 bridgehead atoms. The van der Waals surface area contributed by atoms with Gasteiger partial charge < -0.3 is 10.8 Å². The fraction of sp³-hybridized carbons (Fsp3) is 0.400. The fourth-order valence-electron chi connectivity index (χ4n) is 1.40. The molecule has 0 unspecified atom stereocenters. The topological polar surface area (TPSA) is 46.2 Å². The molecule has 18 heavy (non-hydrogen) atoms. The molecule has 3 N–H and O–H groups in total. The minimum atomic E-state index is -5.98. The molecule has 1 aromatic carbocycles. The first-order valence-corrected chi connectivity index (χ1v) is 4.63. The molecule has 0 radical (unpaired) electrons. The maximum Gasteiger partial charge on any atom is 0.435 e. The van der Waals surface area contributed by atoms with Gasteiger partial charge in [-0.25, -0.2) is 4.39 Å². The zero-order valence-corrected chi connectivity index (χ0v) is 9.02. The molecule has 2 nitrogen and oxygen atoms in total. The zero-order valence-electron chi connectivity index (χ0n) is 9.02. The summed E-state index contributed by atoms with van der Waals surface area (Å²) in [6.07, 6.45) is -11.6. The van der Waals surface area contributed by atoms with E-state index in [1.807, 2.05) is 0 Å². The molecule has 0 amide bonds. The van der Waals surface area contributed by atoms with E-state index in [9.17, 15) is 26.3 Å². The number of hydrogen-bond donors (Lipinski definition) is 2. The van der Waals surface area contributed by atoms with Gasteiger partial charge in [0, 0.05) is 11.3 Å². The van der Waals surface area contributed by atoms with Crippen molar-refractivity contribution in [3.05, 3.63) is 29.3 Å². The first-order valence-electron chi connectivity index (χ1n) is 4.63. The minimum Gasteiger partial charge on any atom is -0.399 e. The third kappa shape index (κ3) is 2.12. The molecule has 0 saturated heterocycles. The Morgan fingerprint density at radius 2 is 1.56 bits per heavy atom. The third-order valence-corrected chi connectivity index (χ3v) is 2.47. The summed E-state index contributed by atoms with van der Waals surface area (Å²) in [6.45, 7) is 1.23. The standard InChI is InChI=1S/C10H9F6NO/c1-5-4-6(2-3-7(5)17)8(11,9(12,13)14)10(15,16)18/h2-4,18H,17H2,1H3/t8-/m1/s1. The molecule has 1 rings (SSSR count). The molecule has 0 saturated carbocycles. The SMILES string of the molecule is Cc1cc([C@](F)(C(O)(F)F)C(F)(F)F)ccc1N.